The third-order valence-corrected chi connectivity index (χ3v) is 5.67. The summed E-state index contributed by atoms with van der Waals surface area (Å²) in [5.41, 5.74) is 2.93. The van der Waals surface area contributed by atoms with Crippen LogP contribution in [0.1, 0.15) is 23.2 Å². The van der Waals surface area contributed by atoms with Crippen LogP contribution in [0, 0.1) is 5.92 Å². The summed E-state index contributed by atoms with van der Waals surface area (Å²) in [5, 5.41) is 2.97. The molecular weight excluding hydrogens is 406 g/mol. The number of carbonyl (C=O) groups is 2. The zero-order valence-electron chi connectivity index (χ0n) is 17.8. The molecule has 1 fully saturated rings. The fourth-order valence-electron chi connectivity index (χ4n) is 3.89. The van der Waals surface area contributed by atoms with Gasteiger partial charge < -0.3 is 19.9 Å². The summed E-state index contributed by atoms with van der Waals surface area (Å²) in [6, 6.07) is 18.3. The number of carbonyl (C=O) groups excluding carboxylic acids is 2. The number of amides is 2. The molecule has 1 saturated heterocycles. The third-order valence-electron chi connectivity index (χ3n) is 5.67. The molecule has 7 heteroatoms. The van der Waals surface area contributed by atoms with Crippen LogP contribution in [0.4, 0.5) is 5.69 Å². The van der Waals surface area contributed by atoms with E-state index in [0.717, 1.165) is 29.7 Å². The van der Waals surface area contributed by atoms with Gasteiger partial charge in [-0.1, -0.05) is 24.3 Å². The zero-order chi connectivity index (χ0) is 22.5. The first-order chi connectivity index (χ1) is 15.5. The van der Waals surface area contributed by atoms with Gasteiger partial charge in [-0.2, -0.15) is 0 Å². The van der Waals surface area contributed by atoms with Crippen LogP contribution < -0.4 is 15.6 Å². The smallest absolute Gasteiger partial charge is 0.255 e. The van der Waals surface area contributed by atoms with E-state index in [1.54, 1.807) is 12.0 Å². The maximum Gasteiger partial charge on any atom is 0.255 e. The number of hydrogen-bond acceptors (Lipinski definition) is 4. The van der Waals surface area contributed by atoms with Crippen molar-refractivity contribution in [1.29, 1.82) is 0 Å². The summed E-state index contributed by atoms with van der Waals surface area (Å²) in [4.78, 5) is 41.0. The Balaban J connectivity index is 1.39. The summed E-state index contributed by atoms with van der Waals surface area (Å²) in [7, 11) is 1.64. The first-order valence-electron chi connectivity index (χ1n) is 10.6. The maximum atomic E-state index is 12.8. The summed E-state index contributed by atoms with van der Waals surface area (Å²) < 4.78 is 5.28. The van der Waals surface area contributed by atoms with Gasteiger partial charge in [-0.3, -0.25) is 14.4 Å². The number of H-pyrrole nitrogens is 1. The summed E-state index contributed by atoms with van der Waals surface area (Å²) >= 11 is 0. The topological polar surface area (TPSA) is 91.5 Å². The van der Waals surface area contributed by atoms with Gasteiger partial charge in [-0.15, -0.1) is 0 Å². The van der Waals surface area contributed by atoms with E-state index >= 15 is 0 Å². The van der Waals surface area contributed by atoms with Gasteiger partial charge in [-0.05, 0) is 54.3 Å². The number of benzene rings is 2. The number of hydrogen-bond donors (Lipinski definition) is 2. The average molecular weight is 431 g/mol. The van der Waals surface area contributed by atoms with Crippen molar-refractivity contribution in [2.24, 2.45) is 5.92 Å². The predicted octanol–water partition coefficient (Wildman–Crippen LogP) is 3.54. The average Bonchev–Trinajstić information content (AvgIpc) is 2.84. The van der Waals surface area contributed by atoms with Gasteiger partial charge in [0.05, 0.1) is 18.6 Å². The van der Waals surface area contributed by atoms with Crippen LogP contribution in [0.2, 0.25) is 0 Å². The SMILES string of the molecule is COc1cccc(-c2ccc(NC(=O)C3CCCN(C(=O)c4ccc(=O)[nH]c4)C3)cc2)c1. The molecule has 4 rings (SSSR count). The monoisotopic (exact) mass is 431 g/mol. The van der Waals surface area contributed by atoms with Crippen molar-refractivity contribution in [3.05, 3.63) is 82.8 Å². The van der Waals surface area contributed by atoms with Gasteiger partial charge in [-0.25, -0.2) is 0 Å². The number of rotatable bonds is 5. The lowest BCUT2D eigenvalue weighted by molar-refractivity contribution is -0.121. The number of nitrogens with one attached hydrogen (secondary N) is 2. The second kappa shape index (κ2) is 9.51. The largest absolute Gasteiger partial charge is 0.497 e. The van der Waals surface area contributed by atoms with E-state index in [1.165, 1.54) is 18.3 Å². The molecule has 0 saturated carbocycles. The highest BCUT2D eigenvalue weighted by Crippen LogP contribution is 2.26. The third kappa shape index (κ3) is 4.88. The quantitative estimate of drug-likeness (QED) is 0.646. The van der Waals surface area contributed by atoms with Crippen LogP contribution in [-0.4, -0.2) is 41.9 Å². The van der Waals surface area contributed by atoms with Crippen molar-refractivity contribution < 1.29 is 14.3 Å². The summed E-state index contributed by atoms with van der Waals surface area (Å²) in [5.74, 6) is 0.228. The molecule has 0 spiro atoms. The second-order valence-electron chi connectivity index (χ2n) is 7.83. The van der Waals surface area contributed by atoms with Crippen molar-refractivity contribution in [2.75, 3.05) is 25.5 Å². The van der Waals surface area contributed by atoms with E-state index in [2.05, 4.69) is 10.3 Å². The standard InChI is InChI=1S/C25H25N3O4/c1-32-22-6-2-4-18(14-22)17-7-10-21(11-8-17)27-24(30)20-5-3-13-28(16-20)25(31)19-9-12-23(29)26-15-19/h2,4,6-12,14-15,20H,3,5,13,16H2,1H3,(H,26,29)(H,27,30). The Morgan fingerprint density at radius 1 is 1.06 bits per heavy atom. The fourth-order valence-corrected chi connectivity index (χ4v) is 3.89. The van der Waals surface area contributed by atoms with Gasteiger partial charge >= 0.3 is 0 Å². The number of ether oxygens (including phenoxy) is 1. The number of aromatic nitrogens is 1. The van der Waals surface area contributed by atoms with E-state index in [-0.39, 0.29) is 23.3 Å². The molecule has 7 nitrogen and oxygen atoms in total. The molecule has 2 heterocycles. The van der Waals surface area contributed by atoms with Crippen LogP contribution in [0.25, 0.3) is 11.1 Å². The molecule has 0 bridgehead atoms. The molecule has 2 N–H and O–H groups in total. The fraction of sp³-hybridized carbons (Fsp3) is 0.240. The number of nitrogens with zero attached hydrogens (tertiary/aromatic N) is 1. The predicted molar refractivity (Wildman–Crippen MR) is 123 cm³/mol. The van der Waals surface area contributed by atoms with Crippen molar-refractivity contribution in [3.8, 4) is 16.9 Å². The number of piperidine rings is 1. The van der Waals surface area contributed by atoms with E-state index in [1.807, 2.05) is 48.5 Å². The Morgan fingerprint density at radius 3 is 2.59 bits per heavy atom. The van der Waals surface area contributed by atoms with Gasteiger partial charge in [0.15, 0.2) is 0 Å². The van der Waals surface area contributed by atoms with E-state index < -0.39 is 0 Å². The van der Waals surface area contributed by atoms with Crippen molar-refractivity contribution in [1.82, 2.24) is 9.88 Å². The number of pyridine rings is 1. The Labute approximate surface area is 186 Å². The van der Waals surface area contributed by atoms with Gasteiger partial charge in [0, 0.05) is 31.0 Å². The van der Waals surface area contributed by atoms with Crippen molar-refractivity contribution in [2.45, 2.75) is 12.8 Å². The lowest BCUT2D eigenvalue weighted by Crippen LogP contribution is -2.43. The minimum atomic E-state index is -0.284. The highest BCUT2D eigenvalue weighted by atomic mass is 16.5. The molecule has 1 aromatic heterocycles. The molecule has 164 valence electrons. The van der Waals surface area contributed by atoms with Crippen molar-refractivity contribution >= 4 is 17.5 Å². The molecule has 0 radical (unpaired) electrons. The Morgan fingerprint density at radius 2 is 1.88 bits per heavy atom. The van der Waals surface area contributed by atoms with Gasteiger partial charge in [0.25, 0.3) is 5.91 Å². The van der Waals surface area contributed by atoms with E-state index in [4.69, 9.17) is 4.74 Å². The molecule has 1 aliphatic heterocycles. The number of anilines is 1. The van der Waals surface area contributed by atoms with Crippen LogP contribution in [0.3, 0.4) is 0 Å². The Hall–Kier alpha value is -3.87. The van der Waals surface area contributed by atoms with Crippen LogP contribution in [0.5, 0.6) is 5.75 Å². The zero-order valence-corrected chi connectivity index (χ0v) is 17.8. The first-order valence-corrected chi connectivity index (χ1v) is 10.6. The molecule has 1 atom stereocenters. The summed E-state index contributed by atoms with van der Waals surface area (Å²) in [6.45, 7) is 0.947. The highest BCUT2D eigenvalue weighted by Gasteiger charge is 2.29. The molecule has 1 unspecified atom stereocenters. The van der Waals surface area contributed by atoms with E-state index in [0.29, 0.717) is 24.3 Å². The minimum absolute atomic E-state index is 0.0990. The maximum absolute atomic E-state index is 12.8. The number of methoxy groups -OCH3 is 1. The van der Waals surface area contributed by atoms with Gasteiger partial charge in [0.1, 0.15) is 5.75 Å². The van der Waals surface area contributed by atoms with Crippen LogP contribution in [0.15, 0.2) is 71.7 Å². The number of aromatic amines is 1. The van der Waals surface area contributed by atoms with Gasteiger partial charge in [0.2, 0.25) is 11.5 Å². The van der Waals surface area contributed by atoms with E-state index in [9.17, 15) is 14.4 Å². The number of likely N-dealkylation sites (tertiary alicyclic amines) is 1. The molecule has 3 aromatic rings. The minimum Gasteiger partial charge on any atom is -0.497 e. The lowest BCUT2D eigenvalue weighted by atomic mass is 9.96. The Bertz CT molecular complexity index is 1150. The molecular formula is C25H25N3O4. The van der Waals surface area contributed by atoms with Crippen molar-refractivity contribution in [3.63, 3.8) is 0 Å². The summed E-state index contributed by atoms with van der Waals surface area (Å²) in [6.07, 6.45) is 2.89. The molecule has 0 aliphatic carbocycles. The molecule has 2 amide bonds. The van der Waals surface area contributed by atoms with Crippen LogP contribution >= 0.6 is 0 Å². The highest BCUT2D eigenvalue weighted by molar-refractivity contribution is 5.96. The first kappa shape index (κ1) is 21.4. The lowest BCUT2D eigenvalue weighted by Gasteiger charge is -2.32. The molecule has 32 heavy (non-hydrogen) atoms. The molecule has 1 aliphatic rings. The second-order valence-corrected chi connectivity index (χ2v) is 7.83. The van der Waals surface area contributed by atoms with Crippen LogP contribution in [-0.2, 0) is 4.79 Å². The Kier molecular flexibility index (Phi) is 6.35. The normalized spacial score (nSPS) is 15.8. The molecule has 2 aromatic carbocycles.